The number of amides is 1. The fourth-order valence-electron chi connectivity index (χ4n) is 6.05. The number of carbonyl (C=O) groups excluding carboxylic acids is 1. The Balaban J connectivity index is 1.39. The fourth-order valence-corrected chi connectivity index (χ4v) is 7.44. The van der Waals surface area contributed by atoms with Crippen LogP contribution in [0.2, 0.25) is 5.02 Å². The Bertz CT molecular complexity index is 2530. The normalized spacial score (nSPS) is 12.6. The quantitative estimate of drug-likeness (QED) is 0.135. The average molecular weight is 722 g/mol. The number of H-pyrrole nitrogens is 1. The molecule has 1 amide bonds. The van der Waals surface area contributed by atoms with Crippen LogP contribution in [-0.2, 0) is 34.7 Å². The van der Waals surface area contributed by atoms with Gasteiger partial charge in [-0.2, -0.15) is 5.10 Å². The Morgan fingerprint density at radius 3 is 2.63 bits per heavy atom. The van der Waals surface area contributed by atoms with E-state index >= 15 is 0 Å². The zero-order chi connectivity index (χ0) is 34.6. The molecule has 0 aliphatic rings. The number of rotatable bonds is 9. The largest absolute Gasteiger partial charge is 0.508 e. The van der Waals surface area contributed by atoms with Crippen molar-refractivity contribution in [1.29, 1.82) is 0 Å². The van der Waals surface area contributed by atoms with Gasteiger partial charge in [-0.15, -0.1) is 11.3 Å². The maximum absolute atomic E-state index is 14.4. The summed E-state index contributed by atoms with van der Waals surface area (Å²) in [7, 11) is -2.07. The highest BCUT2D eigenvalue weighted by atomic mass is 35.5. The molecule has 0 unspecified atom stereocenters. The van der Waals surface area contributed by atoms with E-state index in [0.717, 1.165) is 22.5 Å². The molecule has 1 atom stereocenters. The topological polar surface area (TPSA) is 155 Å². The first-order valence-corrected chi connectivity index (χ1v) is 17.9. The molecule has 0 spiro atoms. The summed E-state index contributed by atoms with van der Waals surface area (Å²) in [6.07, 6.45) is 2.56. The minimum Gasteiger partial charge on any atom is -0.508 e. The number of phenolic OH excluding ortho intramolecular Hbond substituents is 1. The van der Waals surface area contributed by atoms with Crippen LogP contribution in [0.5, 0.6) is 5.75 Å². The highest BCUT2D eigenvalue weighted by Gasteiger charge is 2.27. The van der Waals surface area contributed by atoms with Gasteiger partial charge in [0.15, 0.2) is 11.5 Å². The van der Waals surface area contributed by atoms with E-state index < -0.39 is 33.6 Å². The molecule has 49 heavy (non-hydrogen) atoms. The number of sulfonamides is 1. The van der Waals surface area contributed by atoms with Gasteiger partial charge in [0.2, 0.25) is 15.9 Å². The van der Waals surface area contributed by atoms with E-state index in [9.17, 15) is 27.1 Å². The van der Waals surface area contributed by atoms with Crippen LogP contribution < -0.4 is 10.0 Å². The molecule has 0 saturated carbocycles. The van der Waals surface area contributed by atoms with Gasteiger partial charge >= 0.3 is 0 Å². The number of nitrogens with one attached hydrogen (secondary N) is 3. The number of fused-ring (bicyclic) bond motifs is 3. The van der Waals surface area contributed by atoms with Crippen molar-refractivity contribution in [3.05, 3.63) is 99.8 Å². The minimum absolute atomic E-state index is 0.0325. The SMILES string of the molecule is Cn1nc(NS(C)(=O)=O)c2c(Cl)ccc(-c3cc4scnc4nc3[C@H](Cc3cc(F)cc(F)c3)NC(=O)Cc3c[nH]c4ccc(O)cc34)c21. The number of anilines is 1. The first-order valence-electron chi connectivity index (χ1n) is 14.7. The minimum atomic E-state index is -3.71. The molecule has 4 heterocycles. The summed E-state index contributed by atoms with van der Waals surface area (Å²) >= 11 is 7.96. The van der Waals surface area contributed by atoms with Crippen LogP contribution in [-0.4, -0.2) is 50.4 Å². The molecular formula is C33H26ClF2N7O4S2. The number of aryl methyl sites for hydroxylation is 1. The summed E-state index contributed by atoms with van der Waals surface area (Å²) in [4.78, 5) is 26.1. The molecule has 0 aliphatic carbocycles. The van der Waals surface area contributed by atoms with Crippen molar-refractivity contribution in [1.82, 2.24) is 30.0 Å². The Hall–Kier alpha value is -5.12. The van der Waals surface area contributed by atoms with Crippen molar-refractivity contribution in [2.45, 2.75) is 18.9 Å². The third kappa shape index (κ3) is 6.51. The first kappa shape index (κ1) is 32.4. The van der Waals surface area contributed by atoms with Crippen LogP contribution >= 0.6 is 22.9 Å². The Morgan fingerprint density at radius 1 is 1.10 bits per heavy atom. The molecule has 0 radical (unpaired) electrons. The first-order chi connectivity index (χ1) is 23.3. The number of benzene rings is 3. The lowest BCUT2D eigenvalue weighted by Gasteiger charge is -2.22. The summed E-state index contributed by atoms with van der Waals surface area (Å²) in [5, 5.41) is 18.7. The molecule has 0 bridgehead atoms. The van der Waals surface area contributed by atoms with Crippen LogP contribution in [0.3, 0.4) is 0 Å². The molecule has 0 aliphatic heterocycles. The average Bonchev–Trinajstić information content (AvgIpc) is 3.72. The standard InChI is InChI=1S/C33H26ClF2N7O4S2/c1-43-31-21(4-5-24(34)29(31)33(41-43)42-49(2,46)47)23-13-27-32(38-15-48-27)40-30(23)26(9-16-7-18(35)11-19(36)8-16)39-28(45)10-17-14-37-25-6-3-20(44)12-22(17)25/h3-8,11-15,26,37,44H,9-10H2,1-2H3,(H,39,45)(H,41,42)/t26-/m0/s1. The van der Waals surface area contributed by atoms with Crippen LogP contribution in [0.15, 0.2) is 66.3 Å². The van der Waals surface area contributed by atoms with E-state index in [2.05, 4.69) is 25.1 Å². The molecule has 4 aromatic heterocycles. The number of hydrogen-bond acceptors (Lipinski definition) is 8. The number of halogens is 3. The second-order valence-corrected chi connectivity index (χ2v) is 14.6. The number of carbonyl (C=O) groups is 1. The molecule has 3 aromatic carbocycles. The lowest BCUT2D eigenvalue weighted by molar-refractivity contribution is -0.121. The number of aromatic amines is 1. The van der Waals surface area contributed by atoms with Gasteiger partial charge in [0, 0.05) is 41.3 Å². The van der Waals surface area contributed by atoms with Crippen molar-refractivity contribution < 1.29 is 27.1 Å². The van der Waals surface area contributed by atoms with Gasteiger partial charge in [-0.1, -0.05) is 17.7 Å². The van der Waals surface area contributed by atoms with E-state index in [1.54, 1.807) is 43.0 Å². The number of phenols is 1. The third-order valence-electron chi connectivity index (χ3n) is 7.99. The number of aromatic hydroxyl groups is 1. The Kier molecular flexibility index (Phi) is 8.21. The van der Waals surface area contributed by atoms with Crippen LogP contribution in [0.4, 0.5) is 14.6 Å². The Labute approximate surface area is 286 Å². The van der Waals surface area contributed by atoms with Crippen LogP contribution in [0, 0.1) is 11.6 Å². The van der Waals surface area contributed by atoms with Gasteiger partial charge in [-0.3, -0.25) is 14.2 Å². The van der Waals surface area contributed by atoms with Gasteiger partial charge < -0.3 is 15.4 Å². The van der Waals surface area contributed by atoms with Crippen LogP contribution in [0.1, 0.15) is 22.9 Å². The molecule has 16 heteroatoms. The predicted octanol–water partition coefficient (Wildman–Crippen LogP) is 6.38. The number of hydrogen-bond donors (Lipinski definition) is 4. The van der Waals surface area contributed by atoms with Gasteiger partial charge in [0.05, 0.1) is 50.5 Å². The van der Waals surface area contributed by atoms with Crippen molar-refractivity contribution in [3.8, 4) is 16.9 Å². The molecule has 0 saturated heterocycles. The molecule has 0 fully saturated rings. The molecule has 7 aromatic rings. The van der Waals surface area contributed by atoms with Gasteiger partial charge in [0.25, 0.3) is 0 Å². The molecule has 4 N–H and O–H groups in total. The predicted molar refractivity (Wildman–Crippen MR) is 185 cm³/mol. The van der Waals surface area contributed by atoms with Crippen molar-refractivity contribution in [3.63, 3.8) is 0 Å². The van der Waals surface area contributed by atoms with Crippen molar-refractivity contribution in [2.75, 3.05) is 11.0 Å². The van der Waals surface area contributed by atoms with Gasteiger partial charge in [-0.25, -0.2) is 27.2 Å². The van der Waals surface area contributed by atoms with Gasteiger partial charge in [-0.05, 0) is 60.0 Å². The second kappa shape index (κ2) is 12.4. The zero-order valence-corrected chi connectivity index (χ0v) is 28.1. The van der Waals surface area contributed by atoms with Crippen molar-refractivity contribution >= 4 is 76.8 Å². The molecule has 11 nitrogen and oxygen atoms in total. The lowest BCUT2D eigenvalue weighted by atomic mass is 9.94. The maximum Gasteiger partial charge on any atom is 0.231 e. The highest BCUT2D eigenvalue weighted by Crippen LogP contribution is 2.41. The van der Waals surface area contributed by atoms with E-state index in [4.69, 9.17) is 16.6 Å². The van der Waals surface area contributed by atoms with E-state index in [1.807, 2.05) is 6.07 Å². The lowest BCUT2D eigenvalue weighted by Crippen LogP contribution is -2.32. The maximum atomic E-state index is 14.4. The van der Waals surface area contributed by atoms with Crippen LogP contribution in [0.25, 0.3) is 43.3 Å². The summed E-state index contributed by atoms with van der Waals surface area (Å²) < 4.78 is 57.8. The smallest absolute Gasteiger partial charge is 0.231 e. The number of aromatic nitrogens is 5. The van der Waals surface area contributed by atoms with E-state index in [0.29, 0.717) is 44.3 Å². The third-order valence-corrected chi connectivity index (χ3v) is 9.64. The van der Waals surface area contributed by atoms with E-state index in [1.165, 1.54) is 34.2 Å². The fraction of sp³-hybridized carbons (Fsp3) is 0.152. The van der Waals surface area contributed by atoms with E-state index in [-0.39, 0.29) is 35.0 Å². The molecular weight excluding hydrogens is 696 g/mol. The number of thiazole rings is 1. The van der Waals surface area contributed by atoms with Crippen molar-refractivity contribution in [2.24, 2.45) is 7.05 Å². The number of nitrogens with zero attached hydrogens (tertiary/aromatic N) is 4. The summed E-state index contributed by atoms with van der Waals surface area (Å²) in [5.41, 5.74) is 5.57. The zero-order valence-electron chi connectivity index (χ0n) is 25.8. The molecule has 250 valence electrons. The summed E-state index contributed by atoms with van der Waals surface area (Å²) in [6, 6.07) is 12.2. The summed E-state index contributed by atoms with van der Waals surface area (Å²) in [5.74, 6) is -1.89. The Morgan fingerprint density at radius 2 is 1.88 bits per heavy atom. The number of pyridine rings is 1. The summed E-state index contributed by atoms with van der Waals surface area (Å²) in [6.45, 7) is 0. The molecule has 7 rings (SSSR count). The van der Waals surface area contributed by atoms with Gasteiger partial charge in [0.1, 0.15) is 17.4 Å². The monoisotopic (exact) mass is 721 g/mol. The highest BCUT2D eigenvalue weighted by molar-refractivity contribution is 7.92. The second-order valence-electron chi connectivity index (χ2n) is 11.6.